The Hall–Kier alpha value is -0.370. The number of carbonyl (C=O) groups excluding carboxylic acids is 1. The van der Waals surface area contributed by atoms with Crippen molar-refractivity contribution < 1.29 is 4.79 Å². The number of carbonyl (C=O) groups is 1. The monoisotopic (exact) mass is 72.0 g/mol. The molecular formula is C3H6NO. The topological polar surface area (TPSA) is 43.1 Å². The summed E-state index contributed by atoms with van der Waals surface area (Å²) in [4.78, 5) is 9.63. The van der Waals surface area contributed by atoms with E-state index in [1.165, 1.54) is 6.92 Å². The molecule has 0 aromatic rings. The molecule has 2 heteroatoms. The molecule has 0 amide bonds. The Kier molecular flexibility index (Phi) is 1.76. The Labute approximate surface area is 31.0 Å². The van der Waals surface area contributed by atoms with Crippen molar-refractivity contribution in [3.63, 3.8) is 0 Å². The molecule has 29 valence electrons. The molecule has 0 aromatic heterocycles. The van der Waals surface area contributed by atoms with Crippen LogP contribution in [0.1, 0.15) is 6.92 Å². The second kappa shape index (κ2) is 1.91. The zero-order valence-corrected chi connectivity index (χ0v) is 3.06. The van der Waals surface area contributed by atoms with Crippen LogP contribution in [-0.4, -0.2) is 5.78 Å². The van der Waals surface area contributed by atoms with E-state index in [0.717, 1.165) is 6.54 Å². The Balaban J connectivity index is 2.85. The molecule has 0 saturated carbocycles. The first-order chi connectivity index (χ1) is 2.27. The number of rotatable bonds is 1. The maximum absolute atomic E-state index is 9.63. The van der Waals surface area contributed by atoms with Gasteiger partial charge in [0.05, 0.1) is 6.54 Å². The smallest absolute Gasteiger partial charge is 0.148 e. The van der Waals surface area contributed by atoms with Gasteiger partial charge in [-0.3, -0.25) is 4.79 Å². The molecule has 0 heterocycles. The van der Waals surface area contributed by atoms with Crippen molar-refractivity contribution in [1.29, 1.82) is 0 Å². The Morgan fingerprint density at radius 2 is 2.20 bits per heavy atom. The lowest BCUT2D eigenvalue weighted by atomic mass is 10.5. The zero-order valence-electron chi connectivity index (χ0n) is 3.06. The van der Waals surface area contributed by atoms with Gasteiger partial charge in [-0.1, -0.05) is 0 Å². The molecule has 2 N–H and O–H groups in total. The first-order valence-corrected chi connectivity index (χ1v) is 1.33. The quantitative estimate of drug-likeness (QED) is 0.462. The number of Topliss-reactive ketones (excluding diaryl/α,β-unsaturated/α-hetero) is 1. The van der Waals surface area contributed by atoms with E-state index in [4.69, 9.17) is 5.73 Å². The van der Waals surface area contributed by atoms with E-state index < -0.39 is 0 Å². The molecule has 0 aromatic carbocycles. The van der Waals surface area contributed by atoms with Crippen LogP contribution in [0.4, 0.5) is 0 Å². The van der Waals surface area contributed by atoms with Gasteiger partial charge in [-0.2, -0.15) is 0 Å². The molecule has 0 bridgehead atoms. The normalized spacial score (nSPS) is 7.60. The molecule has 0 spiro atoms. The lowest BCUT2D eigenvalue weighted by Crippen LogP contribution is -1.99. The summed E-state index contributed by atoms with van der Waals surface area (Å²) in [6, 6.07) is 0. The van der Waals surface area contributed by atoms with Gasteiger partial charge < -0.3 is 5.73 Å². The van der Waals surface area contributed by atoms with E-state index in [-0.39, 0.29) is 5.78 Å². The largest absolute Gasteiger partial charge is 0.320 e. The van der Waals surface area contributed by atoms with E-state index in [9.17, 15) is 4.79 Å². The Morgan fingerprint density at radius 3 is 2.20 bits per heavy atom. The fraction of sp³-hybridized carbons (Fsp3) is 0.333. The van der Waals surface area contributed by atoms with Crippen LogP contribution in [0.15, 0.2) is 0 Å². The van der Waals surface area contributed by atoms with Gasteiger partial charge in [-0.05, 0) is 6.92 Å². The average molecular weight is 72.1 g/mol. The van der Waals surface area contributed by atoms with Crippen LogP contribution in [0.2, 0.25) is 0 Å². The first kappa shape index (κ1) is 4.63. The minimum atomic E-state index is -0.0926. The number of hydrogen-bond donors (Lipinski definition) is 1. The van der Waals surface area contributed by atoms with Crippen LogP contribution in [0.25, 0.3) is 0 Å². The molecule has 2 nitrogen and oxygen atoms in total. The minimum absolute atomic E-state index is 0.0926. The van der Waals surface area contributed by atoms with E-state index in [2.05, 4.69) is 0 Å². The van der Waals surface area contributed by atoms with Gasteiger partial charge in [0.25, 0.3) is 0 Å². The third-order valence-corrected chi connectivity index (χ3v) is 0.235. The summed E-state index contributed by atoms with van der Waals surface area (Å²) in [7, 11) is 0. The summed E-state index contributed by atoms with van der Waals surface area (Å²) >= 11 is 0. The molecule has 0 aliphatic heterocycles. The SMILES string of the molecule is CC(=O)[CH]N. The highest BCUT2D eigenvalue weighted by Gasteiger charge is 1.78. The van der Waals surface area contributed by atoms with Gasteiger partial charge >= 0.3 is 0 Å². The summed E-state index contributed by atoms with van der Waals surface area (Å²) in [5.41, 5.74) is 4.70. The number of hydrogen-bond acceptors (Lipinski definition) is 2. The van der Waals surface area contributed by atoms with Crippen molar-refractivity contribution in [3.8, 4) is 0 Å². The highest BCUT2D eigenvalue weighted by molar-refractivity contribution is 5.83. The van der Waals surface area contributed by atoms with Crippen LogP contribution in [0.5, 0.6) is 0 Å². The van der Waals surface area contributed by atoms with Crippen LogP contribution >= 0.6 is 0 Å². The zero-order chi connectivity index (χ0) is 4.28. The van der Waals surface area contributed by atoms with Gasteiger partial charge in [-0.25, -0.2) is 0 Å². The summed E-state index contributed by atoms with van der Waals surface area (Å²) in [6.07, 6.45) is 0. The summed E-state index contributed by atoms with van der Waals surface area (Å²) < 4.78 is 0. The summed E-state index contributed by atoms with van der Waals surface area (Å²) in [5.74, 6) is -0.0926. The summed E-state index contributed by atoms with van der Waals surface area (Å²) in [6.45, 7) is 2.43. The van der Waals surface area contributed by atoms with Crippen LogP contribution in [0.3, 0.4) is 0 Å². The molecule has 0 rings (SSSR count). The maximum Gasteiger partial charge on any atom is 0.148 e. The van der Waals surface area contributed by atoms with Crippen molar-refractivity contribution in [1.82, 2.24) is 0 Å². The van der Waals surface area contributed by atoms with Crippen molar-refractivity contribution in [2.24, 2.45) is 5.73 Å². The second-order valence-electron chi connectivity index (χ2n) is 0.777. The first-order valence-electron chi connectivity index (χ1n) is 1.33. The molecule has 5 heavy (non-hydrogen) atoms. The maximum atomic E-state index is 9.63. The average Bonchev–Trinajstić information content (AvgIpc) is 1.38. The second-order valence-corrected chi connectivity index (χ2v) is 0.777. The molecule has 0 aliphatic carbocycles. The standard InChI is InChI=1S/C3H6NO/c1-3(5)2-4/h2H,4H2,1H3. The van der Waals surface area contributed by atoms with E-state index in [1.807, 2.05) is 0 Å². The molecular weight excluding hydrogens is 66.0 g/mol. The van der Waals surface area contributed by atoms with E-state index >= 15 is 0 Å². The molecule has 0 fully saturated rings. The highest BCUT2D eigenvalue weighted by atomic mass is 16.1. The van der Waals surface area contributed by atoms with E-state index in [1.54, 1.807) is 0 Å². The van der Waals surface area contributed by atoms with Crippen LogP contribution < -0.4 is 5.73 Å². The molecule has 0 aliphatic rings. The predicted molar refractivity (Wildman–Crippen MR) is 19.2 cm³/mol. The lowest BCUT2D eigenvalue weighted by molar-refractivity contribution is -0.114. The third kappa shape index (κ3) is 3.63. The van der Waals surface area contributed by atoms with Gasteiger partial charge in [0, 0.05) is 0 Å². The van der Waals surface area contributed by atoms with Crippen LogP contribution in [0, 0.1) is 6.54 Å². The number of ketones is 1. The lowest BCUT2D eigenvalue weighted by Gasteiger charge is -1.71. The molecule has 0 atom stereocenters. The van der Waals surface area contributed by atoms with Crippen molar-refractivity contribution in [3.05, 3.63) is 6.54 Å². The molecule has 0 saturated heterocycles. The van der Waals surface area contributed by atoms with Gasteiger partial charge in [0.2, 0.25) is 0 Å². The van der Waals surface area contributed by atoms with Gasteiger partial charge in [-0.15, -0.1) is 0 Å². The third-order valence-electron chi connectivity index (χ3n) is 0.235. The fourth-order valence-corrected chi connectivity index (χ4v) is 0. The highest BCUT2D eigenvalue weighted by Crippen LogP contribution is 1.59. The summed E-state index contributed by atoms with van der Waals surface area (Å²) in [5, 5.41) is 0. The Bertz CT molecular complexity index is 42.2. The Morgan fingerprint density at radius 1 is 2.00 bits per heavy atom. The number of nitrogens with two attached hydrogens (primary N) is 1. The van der Waals surface area contributed by atoms with Crippen molar-refractivity contribution in [2.75, 3.05) is 0 Å². The van der Waals surface area contributed by atoms with E-state index in [0.29, 0.717) is 0 Å². The van der Waals surface area contributed by atoms with Crippen LogP contribution in [-0.2, 0) is 4.79 Å². The van der Waals surface area contributed by atoms with Crippen molar-refractivity contribution in [2.45, 2.75) is 6.92 Å². The van der Waals surface area contributed by atoms with Gasteiger partial charge in [0.15, 0.2) is 0 Å². The molecule has 0 unspecified atom stereocenters. The minimum Gasteiger partial charge on any atom is -0.320 e. The fourth-order valence-electron chi connectivity index (χ4n) is 0. The van der Waals surface area contributed by atoms with Gasteiger partial charge in [0.1, 0.15) is 5.78 Å². The predicted octanol–water partition coefficient (Wildman–Crippen LogP) is -0.304. The van der Waals surface area contributed by atoms with Crippen molar-refractivity contribution >= 4 is 5.78 Å². The molecule has 1 radical (unpaired) electrons.